The molecule has 1 amide bonds. The lowest BCUT2D eigenvalue weighted by Gasteiger charge is -2.19. The van der Waals surface area contributed by atoms with E-state index in [0.29, 0.717) is 18.7 Å². The first-order valence-corrected chi connectivity index (χ1v) is 9.19. The Balaban J connectivity index is 1.52. The first kappa shape index (κ1) is 18.2. The van der Waals surface area contributed by atoms with Crippen molar-refractivity contribution < 1.29 is 13.9 Å². The molecule has 0 saturated carbocycles. The van der Waals surface area contributed by atoms with E-state index in [-0.39, 0.29) is 11.7 Å². The minimum atomic E-state index is -0.593. The minimum absolute atomic E-state index is 0.166. The zero-order valence-corrected chi connectivity index (χ0v) is 15.1. The van der Waals surface area contributed by atoms with Crippen molar-refractivity contribution in [3.05, 3.63) is 59.9 Å². The molecular formula is C21H25FN2O2. The summed E-state index contributed by atoms with van der Waals surface area (Å²) in [6.07, 6.45) is 2.45. The largest absolute Gasteiger partial charge is 0.481 e. The van der Waals surface area contributed by atoms with Crippen molar-refractivity contribution >= 4 is 11.6 Å². The van der Waals surface area contributed by atoms with Crippen LogP contribution in [0.25, 0.3) is 0 Å². The molecule has 5 heteroatoms. The second-order valence-electron chi connectivity index (χ2n) is 6.55. The molecule has 1 fully saturated rings. The van der Waals surface area contributed by atoms with E-state index >= 15 is 0 Å². The number of ether oxygens (including phenoxy) is 1. The molecule has 0 spiro atoms. The number of hydrogen-bond acceptors (Lipinski definition) is 3. The van der Waals surface area contributed by atoms with Gasteiger partial charge in [0, 0.05) is 25.3 Å². The molecule has 138 valence electrons. The van der Waals surface area contributed by atoms with Gasteiger partial charge < -0.3 is 15.0 Å². The predicted octanol–water partition coefficient (Wildman–Crippen LogP) is 3.90. The van der Waals surface area contributed by atoms with Crippen molar-refractivity contribution in [3.8, 4) is 5.75 Å². The van der Waals surface area contributed by atoms with Gasteiger partial charge in [-0.3, -0.25) is 4.79 Å². The van der Waals surface area contributed by atoms with Crippen LogP contribution >= 0.6 is 0 Å². The van der Waals surface area contributed by atoms with Crippen LogP contribution < -0.4 is 15.0 Å². The SMILES string of the molecule is CC[C@@H](Oc1ccc(F)cc1)C(=O)NCc1ccc(N2CCCC2)cc1. The summed E-state index contributed by atoms with van der Waals surface area (Å²) in [5.41, 5.74) is 2.29. The van der Waals surface area contributed by atoms with Crippen LogP contribution in [0.2, 0.25) is 0 Å². The zero-order valence-electron chi connectivity index (χ0n) is 15.1. The Morgan fingerprint density at radius 3 is 2.38 bits per heavy atom. The highest BCUT2D eigenvalue weighted by molar-refractivity contribution is 5.81. The van der Waals surface area contributed by atoms with Crippen LogP contribution in [-0.2, 0) is 11.3 Å². The summed E-state index contributed by atoms with van der Waals surface area (Å²) < 4.78 is 18.6. The number of rotatable bonds is 7. The summed E-state index contributed by atoms with van der Waals surface area (Å²) in [5.74, 6) is -0.00367. The number of benzene rings is 2. The molecule has 3 rings (SSSR count). The summed E-state index contributed by atoms with van der Waals surface area (Å²) in [5, 5.41) is 2.92. The lowest BCUT2D eigenvalue weighted by molar-refractivity contribution is -0.128. The fraction of sp³-hybridized carbons (Fsp3) is 0.381. The maximum absolute atomic E-state index is 13.0. The Morgan fingerprint density at radius 2 is 1.77 bits per heavy atom. The second-order valence-corrected chi connectivity index (χ2v) is 6.55. The van der Waals surface area contributed by atoms with Crippen molar-refractivity contribution in [2.75, 3.05) is 18.0 Å². The van der Waals surface area contributed by atoms with Gasteiger partial charge in [0.05, 0.1) is 0 Å². The molecule has 1 aliphatic heterocycles. The summed E-state index contributed by atoms with van der Waals surface area (Å²) in [6.45, 7) is 4.59. The number of nitrogens with zero attached hydrogens (tertiary/aromatic N) is 1. The number of halogens is 1. The monoisotopic (exact) mass is 356 g/mol. The maximum Gasteiger partial charge on any atom is 0.261 e. The number of nitrogens with one attached hydrogen (secondary N) is 1. The second kappa shape index (κ2) is 8.70. The van der Waals surface area contributed by atoms with Crippen molar-refractivity contribution in [2.45, 2.75) is 38.8 Å². The highest BCUT2D eigenvalue weighted by Crippen LogP contribution is 2.20. The molecule has 1 N–H and O–H groups in total. The third-order valence-corrected chi connectivity index (χ3v) is 4.63. The third-order valence-electron chi connectivity index (χ3n) is 4.63. The topological polar surface area (TPSA) is 41.6 Å². The van der Waals surface area contributed by atoms with E-state index in [0.717, 1.165) is 18.7 Å². The Morgan fingerprint density at radius 1 is 1.12 bits per heavy atom. The smallest absolute Gasteiger partial charge is 0.261 e. The molecular weight excluding hydrogens is 331 g/mol. The molecule has 0 unspecified atom stereocenters. The Hall–Kier alpha value is -2.56. The number of hydrogen-bond donors (Lipinski definition) is 1. The molecule has 1 aliphatic rings. The highest BCUT2D eigenvalue weighted by atomic mass is 19.1. The standard InChI is InChI=1S/C21H25FN2O2/c1-2-20(26-19-11-7-17(22)8-12-19)21(25)23-15-16-5-9-18(10-6-16)24-13-3-4-14-24/h5-12,20H,2-4,13-15H2,1H3,(H,23,25)/t20-/m1/s1. The van der Waals surface area contributed by atoms with E-state index < -0.39 is 6.10 Å². The van der Waals surface area contributed by atoms with Crippen LogP contribution in [0.3, 0.4) is 0 Å². The number of anilines is 1. The fourth-order valence-corrected chi connectivity index (χ4v) is 3.10. The van der Waals surface area contributed by atoms with E-state index in [1.165, 1.54) is 42.8 Å². The average Bonchev–Trinajstić information content (AvgIpc) is 3.21. The first-order valence-electron chi connectivity index (χ1n) is 9.19. The van der Waals surface area contributed by atoms with Crippen molar-refractivity contribution in [1.29, 1.82) is 0 Å². The highest BCUT2D eigenvalue weighted by Gasteiger charge is 2.18. The molecule has 0 bridgehead atoms. The van der Waals surface area contributed by atoms with Crippen molar-refractivity contribution in [2.24, 2.45) is 0 Å². The molecule has 0 aromatic heterocycles. The summed E-state index contributed by atoms with van der Waals surface area (Å²) in [6, 6.07) is 14.0. The van der Waals surface area contributed by atoms with Gasteiger partial charge in [-0.1, -0.05) is 19.1 Å². The Bertz CT molecular complexity index is 710. The lowest BCUT2D eigenvalue weighted by Crippen LogP contribution is -2.37. The van der Waals surface area contributed by atoms with Gasteiger partial charge in [-0.2, -0.15) is 0 Å². The van der Waals surface area contributed by atoms with Gasteiger partial charge in [0.25, 0.3) is 5.91 Å². The number of carbonyl (C=O) groups excluding carboxylic acids is 1. The van der Waals surface area contributed by atoms with Crippen LogP contribution in [0.1, 0.15) is 31.7 Å². The molecule has 26 heavy (non-hydrogen) atoms. The van der Waals surface area contributed by atoms with E-state index in [2.05, 4.69) is 34.5 Å². The molecule has 1 saturated heterocycles. The van der Waals surface area contributed by atoms with Crippen LogP contribution in [0.5, 0.6) is 5.75 Å². The molecule has 1 heterocycles. The van der Waals surface area contributed by atoms with Crippen LogP contribution in [0, 0.1) is 5.82 Å². The summed E-state index contributed by atoms with van der Waals surface area (Å²) in [4.78, 5) is 14.8. The predicted molar refractivity (Wildman–Crippen MR) is 101 cm³/mol. The molecule has 2 aromatic carbocycles. The Labute approximate surface area is 154 Å². The molecule has 0 aliphatic carbocycles. The van der Waals surface area contributed by atoms with Gasteiger partial charge in [0.1, 0.15) is 11.6 Å². The average molecular weight is 356 g/mol. The summed E-state index contributed by atoms with van der Waals surface area (Å²) in [7, 11) is 0. The normalized spacial score (nSPS) is 14.9. The third kappa shape index (κ3) is 4.75. The lowest BCUT2D eigenvalue weighted by atomic mass is 10.2. The van der Waals surface area contributed by atoms with E-state index in [4.69, 9.17) is 4.74 Å². The van der Waals surface area contributed by atoms with Crippen molar-refractivity contribution in [1.82, 2.24) is 5.32 Å². The van der Waals surface area contributed by atoms with Crippen LogP contribution in [0.4, 0.5) is 10.1 Å². The van der Waals surface area contributed by atoms with Crippen LogP contribution in [0.15, 0.2) is 48.5 Å². The summed E-state index contributed by atoms with van der Waals surface area (Å²) >= 11 is 0. The van der Waals surface area contributed by atoms with Gasteiger partial charge in [0.15, 0.2) is 6.10 Å². The minimum Gasteiger partial charge on any atom is -0.481 e. The van der Waals surface area contributed by atoms with Gasteiger partial charge in [-0.25, -0.2) is 4.39 Å². The van der Waals surface area contributed by atoms with Gasteiger partial charge in [-0.05, 0) is 61.2 Å². The number of carbonyl (C=O) groups is 1. The van der Waals surface area contributed by atoms with Crippen LogP contribution in [-0.4, -0.2) is 25.1 Å². The number of amides is 1. The van der Waals surface area contributed by atoms with Gasteiger partial charge in [0.2, 0.25) is 0 Å². The first-order chi connectivity index (χ1) is 12.7. The molecule has 0 radical (unpaired) electrons. The van der Waals surface area contributed by atoms with E-state index in [1.54, 1.807) is 0 Å². The maximum atomic E-state index is 13.0. The van der Waals surface area contributed by atoms with E-state index in [1.807, 2.05) is 6.92 Å². The molecule has 2 aromatic rings. The fourth-order valence-electron chi connectivity index (χ4n) is 3.10. The van der Waals surface area contributed by atoms with Gasteiger partial charge >= 0.3 is 0 Å². The zero-order chi connectivity index (χ0) is 18.4. The quantitative estimate of drug-likeness (QED) is 0.818. The molecule has 4 nitrogen and oxygen atoms in total. The van der Waals surface area contributed by atoms with Crippen molar-refractivity contribution in [3.63, 3.8) is 0 Å². The molecule has 1 atom stereocenters. The van der Waals surface area contributed by atoms with E-state index in [9.17, 15) is 9.18 Å². The van der Waals surface area contributed by atoms with Gasteiger partial charge in [-0.15, -0.1) is 0 Å². The Kier molecular flexibility index (Phi) is 6.10.